The molecule has 0 aliphatic heterocycles. The average molecular weight is 300 g/mol. The Morgan fingerprint density at radius 2 is 1.84 bits per heavy atom. The number of hydrogen-bond donors (Lipinski definition) is 1. The highest BCUT2D eigenvalue weighted by molar-refractivity contribution is 6.32. The molecular formula is C14H12Cl2FNO. The van der Waals surface area contributed by atoms with E-state index in [1.54, 1.807) is 18.2 Å². The SMILES string of the molecule is C[C@@H](N)c1ccc(Oc2ccc(Cl)c(F)c2)c(Cl)c1. The topological polar surface area (TPSA) is 35.2 Å². The first-order valence-electron chi connectivity index (χ1n) is 5.65. The molecule has 100 valence electrons. The van der Waals surface area contributed by atoms with Crippen LogP contribution in [0.25, 0.3) is 0 Å². The van der Waals surface area contributed by atoms with Crippen LogP contribution in [0.1, 0.15) is 18.5 Å². The van der Waals surface area contributed by atoms with Gasteiger partial charge < -0.3 is 10.5 Å². The lowest BCUT2D eigenvalue weighted by Gasteiger charge is -2.11. The van der Waals surface area contributed by atoms with Gasteiger partial charge in [0, 0.05) is 12.1 Å². The van der Waals surface area contributed by atoms with Crippen LogP contribution >= 0.6 is 23.2 Å². The molecule has 2 N–H and O–H groups in total. The third-order valence-corrected chi connectivity index (χ3v) is 3.20. The van der Waals surface area contributed by atoms with E-state index in [4.69, 9.17) is 33.7 Å². The zero-order valence-corrected chi connectivity index (χ0v) is 11.7. The van der Waals surface area contributed by atoms with Crippen molar-refractivity contribution in [3.8, 4) is 11.5 Å². The number of hydrogen-bond acceptors (Lipinski definition) is 2. The maximum atomic E-state index is 13.3. The summed E-state index contributed by atoms with van der Waals surface area (Å²) in [6, 6.07) is 9.34. The monoisotopic (exact) mass is 299 g/mol. The maximum Gasteiger partial charge on any atom is 0.146 e. The average Bonchev–Trinajstić information content (AvgIpc) is 2.36. The van der Waals surface area contributed by atoms with E-state index in [0.29, 0.717) is 16.5 Å². The highest BCUT2D eigenvalue weighted by atomic mass is 35.5. The molecule has 0 fully saturated rings. The molecule has 0 saturated heterocycles. The second kappa shape index (κ2) is 5.78. The van der Waals surface area contributed by atoms with E-state index in [0.717, 1.165) is 5.56 Å². The summed E-state index contributed by atoms with van der Waals surface area (Å²) >= 11 is 11.7. The summed E-state index contributed by atoms with van der Waals surface area (Å²) < 4.78 is 18.8. The predicted molar refractivity (Wildman–Crippen MR) is 75.5 cm³/mol. The summed E-state index contributed by atoms with van der Waals surface area (Å²) in [6.07, 6.45) is 0. The van der Waals surface area contributed by atoms with Gasteiger partial charge in [-0.2, -0.15) is 0 Å². The Bertz CT molecular complexity index is 602. The van der Waals surface area contributed by atoms with Crippen LogP contribution in [0.4, 0.5) is 4.39 Å². The van der Waals surface area contributed by atoms with Crippen LogP contribution in [0, 0.1) is 5.82 Å². The van der Waals surface area contributed by atoms with Crippen molar-refractivity contribution < 1.29 is 9.13 Å². The summed E-state index contributed by atoms with van der Waals surface area (Å²) in [7, 11) is 0. The van der Waals surface area contributed by atoms with Gasteiger partial charge in [-0.3, -0.25) is 0 Å². The Morgan fingerprint density at radius 1 is 1.11 bits per heavy atom. The second-order valence-corrected chi connectivity index (χ2v) is 4.97. The number of rotatable bonds is 3. The zero-order chi connectivity index (χ0) is 14.0. The van der Waals surface area contributed by atoms with Gasteiger partial charge in [0.15, 0.2) is 0 Å². The molecule has 0 spiro atoms. The van der Waals surface area contributed by atoms with Crippen molar-refractivity contribution in [3.05, 3.63) is 57.8 Å². The first kappa shape index (κ1) is 14.1. The van der Waals surface area contributed by atoms with Crippen LogP contribution in [-0.2, 0) is 0 Å². The molecule has 0 unspecified atom stereocenters. The molecule has 2 aromatic rings. The maximum absolute atomic E-state index is 13.3. The predicted octanol–water partition coefficient (Wildman–Crippen LogP) is 4.94. The molecular weight excluding hydrogens is 288 g/mol. The van der Waals surface area contributed by atoms with Crippen LogP contribution in [0.5, 0.6) is 11.5 Å². The first-order valence-corrected chi connectivity index (χ1v) is 6.41. The fourth-order valence-electron chi connectivity index (χ4n) is 1.55. The van der Waals surface area contributed by atoms with Crippen LogP contribution in [-0.4, -0.2) is 0 Å². The Hall–Kier alpha value is -1.29. The van der Waals surface area contributed by atoms with E-state index in [2.05, 4.69) is 0 Å². The third kappa shape index (κ3) is 3.38. The van der Waals surface area contributed by atoms with E-state index < -0.39 is 5.82 Å². The van der Waals surface area contributed by atoms with Crippen molar-refractivity contribution in [2.75, 3.05) is 0 Å². The number of ether oxygens (including phenoxy) is 1. The normalized spacial score (nSPS) is 12.3. The van der Waals surface area contributed by atoms with Gasteiger partial charge in [-0.15, -0.1) is 0 Å². The summed E-state index contributed by atoms with van der Waals surface area (Å²) in [4.78, 5) is 0. The van der Waals surface area contributed by atoms with E-state index in [-0.39, 0.29) is 11.1 Å². The minimum atomic E-state index is -0.539. The van der Waals surface area contributed by atoms with Crippen LogP contribution in [0.2, 0.25) is 10.0 Å². The van der Waals surface area contributed by atoms with Gasteiger partial charge in [-0.1, -0.05) is 29.3 Å². The van der Waals surface area contributed by atoms with Crippen molar-refractivity contribution in [2.45, 2.75) is 13.0 Å². The lowest BCUT2D eigenvalue weighted by molar-refractivity contribution is 0.476. The molecule has 19 heavy (non-hydrogen) atoms. The molecule has 5 heteroatoms. The van der Waals surface area contributed by atoms with E-state index in [9.17, 15) is 4.39 Å². The molecule has 2 rings (SSSR count). The molecule has 0 aliphatic rings. The van der Waals surface area contributed by atoms with Crippen molar-refractivity contribution >= 4 is 23.2 Å². The van der Waals surface area contributed by atoms with Crippen LogP contribution in [0.3, 0.4) is 0 Å². The lowest BCUT2D eigenvalue weighted by atomic mass is 10.1. The third-order valence-electron chi connectivity index (χ3n) is 2.60. The number of halogens is 3. The van der Waals surface area contributed by atoms with Gasteiger partial charge in [0.1, 0.15) is 17.3 Å². The molecule has 2 nitrogen and oxygen atoms in total. The molecule has 2 aromatic carbocycles. The summed E-state index contributed by atoms with van der Waals surface area (Å²) in [6.45, 7) is 1.86. The van der Waals surface area contributed by atoms with Gasteiger partial charge in [0.05, 0.1) is 10.0 Å². The lowest BCUT2D eigenvalue weighted by Crippen LogP contribution is -2.04. The molecule has 0 bridgehead atoms. The van der Waals surface area contributed by atoms with Crippen molar-refractivity contribution in [3.63, 3.8) is 0 Å². The minimum absolute atomic E-state index is 0.0470. The summed E-state index contributed by atoms with van der Waals surface area (Å²) in [5, 5.41) is 0.468. The fraction of sp³-hybridized carbons (Fsp3) is 0.143. The molecule has 0 heterocycles. The Labute approximate surface area is 120 Å². The molecule has 0 aliphatic carbocycles. The summed E-state index contributed by atoms with van der Waals surface area (Å²) in [5.74, 6) is 0.229. The van der Waals surface area contributed by atoms with E-state index in [1.165, 1.54) is 12.1 Å². The molecule has 0 aromatic heterocycles. The largest absolute Gasteiger partial charge is 0.456 e. The Morgan fingerprint density at radius 3 is 2.42 bits per heavy atom. The van der Waals surface area contributed by atoms with Crippen LogP contribution < -0.4 is 10.5 Å². The highest BCUT2D eigenvalue weighted by Crippen LogP contribution is 2.32. The van der Waals surface area contributed by atoms with Gasteiger partial charge in [-0.05, 0) is 36.8 Å². The standard InChI is InChI=1S/C14H12Cl2FNO/c1-8(18)9-2-5-14(12(16)6-9)19-10-3-4-11(15)13(17)7-10/h2-8H,18H2,1H3/t8-/m1/s1. The quantitative estimate of drug-likeness (QED) is 0.871. The van der Waals surface area contributed by atoms with Crippen LogP contribution in [0.15, 0.2) is 36.4 Å². The van der Waals surface area contributed by atoms with Gasteiger partial charge >= 0.3 is 0 Å². The van der Waals surface area contributed by atoms with Gasteiger partial charge in [0.2, 0.25) is 0 Å². The van der Waals surface area contributed by atoms with Gasteiger partial charge in [0.25, 0.3) is 0 Å². The van der Waals surface area contributed by atoms with E-state index >= 15 is 0 Å². The van der Waals surface area contributed by atoms with Gasteiger partial charge in [-0.25, -0.2) is 4.39 Å². The van der Waals surface area contributed by atoms with Crippen molar-refractivity contribution in [1.29, 1.82) is 0 Å². The summed E-state index contributed by atoms with van der Waals surface area (Å²) in [5.41, 5.74) is 6.66. The second-order valence-electron chi connectivity index (χ2n) is 4.16. The van der Waals surface area contributed by atoms with Crippen molar-refractivity contribution in [2.24, 2.45) is 5.73 Å². The minimum Gasteiger partial charge on any atom is -0.456 e. The zero-order valence-electron chi connectivity index (χ0n) is 10.2. The van der Waals surface area contributed by atoms with Crippen molar-refractivity contribution in [1.82, 2.24) is 0 Å². The molecule has 0 radical (unpaired) electrons. The number of nitrogens with two attached hydrogens (primary N) is 1. The molecule has 0 amide bonds. The Kier molecular flexibility index (Phi) is 4.30. The Balaban J connectivity index is 2.25. The smallest absolute Gasteiger partial charge is 0.146 e. The highest BCUT2D eigenvalue weighted by Gasteiger charge is 2.08. The fourth-order valence-corrected chi connectivity index (χ4v) is 1.90. The molecule has 1 atom stereocenters. The first-order chi connectivity index (χ1) is 8.97. The van der Waals surface area contributed by atoms with E-state index in [1.807, 2.05) is 13.0 Å². The number of benzene rings is 2. The molecule has 0 saturated carbocycles.